The molecule has 1 aromatic heterocycles. The summed E-state index contributed by atoms with van der Waals surface area (Å²) in [6.45, 7) is 2.43. The summed E-state index contributed by atoms with van der Waals surface area (Å²) in [6.07, 6.45) is 3.62. The minimum atomic E-state index is 0.106. The Kier molecular flexibility index (Phi) is 4.65. The summed E-state index contributed by atoms with van der Waals surface area (Å²) in [5.41, 5.74) is 2.37. The van der Waals surface area contributed by atoms with E-state index in [1.807, 2.05) is 36.7 Å². The first-order valence-electron chi connectivity index (χ1n) is 7.41. The number of benzene rings is 1. The summed E-state index contributed by atoms with van der Waals surface area (Å²) < 4.78 is 5.18. The van der Waals surface area contributed by atoms with E-state index in [0.717, 1.165) is 31.2 Å². The molecule has 0 saturated carbocycles. The summed E-state index contributed by atoms with van der Waals surface area (Å²) in [5.74, 6) is 1.85. The van der Waals surface area contributed by atoms with Crippen molar-refractivity contribution in [3.05, 3.63) is 59.9 Å². The number of nitrogens with zero attached hydrogens (tertiary/aromatic N) is 2. The summed E-state index contributed by atoms with van der Waals surface area (Å²) in [7, 11) is 1.68. The van der Waals surface area contributed by atoms with Crippen LogP contribution >= 0.6 is 0 Å². The zero-order valence-corrected chi connectivity index (χ0v) is 12.6. The quantitative estimate of drug-likeness (QED) is 0.905. The van der Waals surface area contributed by atoms with Crippen molar-refractivity contribution in [3.63, 3.8) is 0 Å². The van der Waals surface area contributed by atoms with Crippen LogP contribution in [0.2, 0.25) is 0 Å². The number of hydrogen-bond acceptors (Lipinski definition) is 5. The van der Waals surface area contributed by atoms with Crippen LogP contribution in [0.4, 0.5) is 0 Å². The molecule has 0 bridgehead atoms. The largest absolute Gasteiger partial charge is 0.497 e. The van der Waals surface area contributed by atoms with Crippen molar-refractivity contribution < 1.29 is 4.74 Å². The topological polar surface area (TPSA) is 58.5 Å². The zero-order chi connectivity index (χ0) is 15.2. The first-order chi connectivity index (χ1) is 10.9. The molecule has 5 heteroatoms. The van der Waals surface area contributed by atoms with E-state index in [1.54, 1.807) is 7.11 Å². The monoisotopic (exact) mass is 296 g/mol. The number of pyridine rings is 1. The molecule has 2 heterocycles. The lowest BCUT2D eigenvalue weighted by Gasteiger charge is -2.26. The number of methoxy groups -OCH3 is 1. The minimum Gasteiger partial charge on any atom is -0.497 e. The molecule has 2 N–H and O–H groups in total. The van der Waals surface area contributed by atoms with Crippen LogP contribution in [0, 0.1) is 0 Å². The highest BCUT2D eigenvalue weighted by molar-refractivity contribution is 5.89. The van der Waals surface area contributed by atoms with Gasteiger partial charge in [0.2, 0.25) is 0 Å². The van der Waals surface area contributed by atoms with Crippen molar-refractivity contribution in [3.8, 4) is 5.75 Å². The fourth-order valence-electron chi connectivity index (χ4n) is 2.50. The van der Waals surface area contributed by atoms with Gasteiger partial charge in [0.25, 0.3) is 0 Å². The van der Waals surface area contributed by atoms with Crippen molar-refractivity contribution in [2.24, 2.45) is 4.99 Å². The Morgan fingerprint density at radius 2 is 1.95 bits per heavy atom. The molecule has 0 radical (unpaired) electrons. The van der Waals surface area contributed by atoms with E-state index in [0.29, 0.717) is 0 Å². The van der Waals surface area contributed by atoms with E-state index in [2.05, 4.69) is 32.7 Å². The van der Waals surface area contributed by atoms with Crippen molar-refractivity contribution in [1.82, 2.24) is 15.6 Å². The van der Waals surface area contributed by atoms with E-state index in [1.165, 1.54) is 11.1 Å². The number of ether oxygens (including phenoxy) is 1. The van der Waals surface area contributed by atoms with Crippen LogP contribution in [0.5, 0.6) is 5.75 Å². The Balaban J connectivity index is 1.68. The predicted molar refractivity (Wildman–Crippen MR) is 87.1 cm³/mol. The second kappa shape index (κ2) is 7.04. The molecule has 22 heavy (non-hydrogen) atoms. The average Bonchev–Trinajstić information content (AvgIpc) is 2.61. The summed E-state index contributed by atoms with van der Waals surface area (Å²) in [5, 5.41) is 6.95. The van der Waals surface area contributed by atoms with Gasteiger partial charge in [-0.15, -0.1) is 0 Å². The third kappa shape index (κ3) is 3.43. The van der Waals surface area contributed by atoms with E-state index < -0.39 is 0 Å². The van der Waals surface area contributed by atoms with Gasteiger partial charge in [0.1, 0.15) is 11.6 Å². The van der Waals surface area contributed by atoms with Gasteiger partial charge >= 0.3 is 0 Å². The Labute approximate surface area is 130 Å². The maximum absolute atomic E-state index is 5.18. The molecule has 3 rings (SSSR count). The molecule has 0 spiro atoms. The minimum absolute atomic E-state index is 0.106. The highest BCUT2D eigenvalue weighted by Gasteiger charge is 2.20. The Hall–Kier alpha value is -2.40. The molecule has 114 valence electrons. The van der Waals surface area contributed by atoms with Crippen molar-refractivity contribution >= 4 is 5.84 Å². The van der Waals surface area contributed by atoms with Gasteiger partial charge in [-0.2, -0.15) is 0 Å². The molecular formula is C17H20N4O. The van der Waals surface area contributed by atoms with Crippen LogP contribution < -0.4 is 15.4 Å². The highest BCUT2D eigenvalue weighted by atomic mass is 16.5. The molecule has 5 nitrogen and oxygen atoms in total. The molecule has 1 aromatic carbocycles. The lowest BCUT2D eigenvalue weighted by Crippen LogP contribution is -2.42. The van der Waals surface area contributed by atoms with Crippen LogP contribution in [0.15, 0.2) is 53.8 Å². The number of amidine groups is 1. The number of aromatic nitrogens is 1. The van der Waals surface area contributed by atoms with E-state index in [9.17, 15) is 0 Å². The third-order valence-corrected chi connectivity index (χ3v) is 3.69. The summed E-state index contributed by atoms with van der Waals surface area (Å²) in [6, 6.07) is 12.2. The van der Waals surface area contributed by atoms with E-state index >= 15 is 0 Å². The van der Waals surface area contributed by atoms with Crippen LogP contribution in [0.3, 0.4) is 0 Å². The second-order valence-corrected chi connectivity index (χ2v) is 5.14. The molecule has 1 aliphatic heterocycles. The highest BCUT2D eigenvalue weighted by Crippen LogP contribution is 2.16. The summed E-state index contributed by atoms with van der Waals surface area (Å²) >= 11 is 0. The smallest absolute Gasteiger partial charge is 0.118 e. The van der Waals surface area contributed by atoms with Crippen LogP contribution in [-0.4, -0.2) is 31.0 Å². The Morgan fingerprint density at radius 3 is 2.68 bits per heavy atom. The SMILES string of the molecule is COc1ccc(CNC2=NCCNC2c2ccncc2)cc1. The molecule has 1 atom stereocenters. The predicted octanol–water partition coefficient (Wildman–Crippen LogP) is 1.92. The number of hydrogen-bond donors (Lipinski definition) is 2. The van der Waals surface area contributed by atoms with Crippen LogP contribution in [0.1, 0.15) is 17.2 Å². The number of rotatable bonds is 4. The number of aliphatic imine (C=N–C) groups is 1. The van der Waals surface area contributed by atoms with Gasteiger partial charge in [-0.1, -0.05) is 12.1 Å². The molecule has 0 fully saturated rings. The van der Waals surface area contributed by atoms with E-state index in [4.69, 9.17) is 4.74 Å². The van der Waals surface area contributed by atoms with Crippen molar-refractivity contribution in [1.29, 1.82) is 0 Å². The first-order valence-corrected chi connectivity index (χ1v) is 7.41. The Bertz CT molecular complexity index is 625. The molecule has 0 amide bonds. The number of nitrogens with one attached hydrogen (secondary N) is 2. The van der Waals surface area contributed by atoms with Gasteiger partial charge < -0.3 is 15.4 Å². The lowest BCUT2D eigenvalue weighted by molar-refractivity contribution is 0.414. The van der Waals surface area contributed by atoms with Gasteiger partial charge in [-0.25, -0.2) is 0 Å². The Morgan fingerprint density at radius 1 is 1.18 bits per heavy atom. The van der Waals surface area contributed by atoms with Gasteiger partial charge in [-0.05, 0) is 35.4 Å². The first kappa shape index (κ1) is 14.5. The van der Waals surface area contributed by atoms with Gasteiger partial charge in [0.15, 0.2) is 0 Å². The fraction of sp³-hybridized carbons (Fsp3) is 0.294. The maximum Gasteiger partial charge on any atom is 0.118 e. The maximum atomic E-state index is 5.18. The average molecular weight is 296 g/mol. The van der Waals surface area contributed by atoms with Gasteiger partial charge in [-0.3, -0.25) is 9.98 Å². The van der Waals surface area contributed by atoms with Gasteiger partial charge in [0.05, 0.1) is 19.7 Å². The van der Waals surface area contributed by atoms with Crippen LogP contribution in [0.25, 0.3) is 0 Å². The zero-order valence-electron chi connectivity index (χ0n) is 12.6. The van der Waals surface area contributed by atoms with Crippen molar-refractivity contribution in [2.45, 2.75) is 12.6 Å². The molecule has 1 aliphatic rings. The normalized spacial score (nSPS) is 17.7. The fourth-order valence-corrected chi connectivity index (χ4v) is 2.50. The van der Waals surface area contributed by atoms with Crippen molar-refractivity contribution in [2.75, 3.05) is 20.2 Å². The van der Waals surface area contributed by atoms with Gasteiger partial charge in [0, 0.05) is 25.5 Å². The third-order valence-electron chi connectivity index (χ3n) is 3.69. The molecule has 1 unspecified atom stereocenters. The molecule has 2 aromatic rings. The molecule has 0 saturated heterocycles. The molecule has 0 aliphatic carbocycles. The molecular weight excluding hydrogens is 276 g/mol. The lowest BCUT2D eigenvalue weighted by atomic mass is 10.1. The second-order valence-electron chi connectivity index (χ2n) is 5.14. The summed E-state index contributed by atoms with van der Waals surface area (Å²) in [4.78, 5) is 8.71. The standard InChI is InChI=1S/C17H20N4O/c1-22-15-4-2-13(3-5-15)12-21-17-16(19-10-11-20-17)14-6-8-18-9-7-14/h2-9,16,19H,10-12H2,1H3,(H,20,21). The van der Waals surface area contributed by atoms with Crippen LogP contribution in [-0.2, 0) is 6.54 Å². The van der Waals surface area contributed by atoms with E-state index in [-0.39, 0.29) is 6.04 Å².